The molecule has 18 heavy (non-hydrogen) atoms. The van der Waals surface area contributed by atoms with Gasteiger partial charge in [0, 0.05) is 19.3 Å². The van der Waals surface area contributed by atoms with Crippen molar-refractivity contribution in [3.8, 4) is 0 Å². The van der Waals surface area contributed by atoms with Crippen molar-refractivity contribution >= 4 is 11.8 Å². The molecule has 1 aromatic heterocycles. The quantitative estimate of drug-likeness (QED) is 0.819. The van der Waals surface area contributed by atoms with Crippen LogP contribution >= 0.6 is 0 Å². The van der Waals surface area contributed by atoms with Crippen molar-refractivity contribution in [2.24, 2.45) is 18.7 Å². The SMILES string of the molecule is Cc1c(C(=O)N(CC(N)=O)CC(C)C)cnn1C. The van der Waals surface area contributed by atoms with Crippen LogP contribution in [0.2, 0.25) is 0 Å². The van der Waals surface area contributed by atoms with Gasteiger partial charge in [-0.05, 0) is 12.8 Å². The minimum atomic E-state index is -0.509. The van der Waals surface area contributed by atoms with Crippen molar-refractivity contribution in [1.29, 1.82) is 0 Å². The number of primary amides is 1. The molecule has 0 unspecified atom stereocenters. The highest BCUT2D eigenvalue weighted by Crippen LogP contribution is 2.11. The highest BCUT2D eigenvalue weighted by molar-refractivity contribution is 5.97. The predicted octanol–water partition coefficient (Wildman–Crippen LogP) is 0.312. The molecule has 0 radical (unpaired) electrons. The summed E-state index contributed by atoms with van der Waals surface area (Å²) in [6.45, 7) is 6.22. The second-order valence-corrected chi connectivity index (χ2v) is 4.81. The molecular weight excluding hydrogens is 232 g/mol. The van der Waals surface area contributed by atoms with Crippen LogP contribution in [0, 0.1) is 12.8 Å². The topological polar surface area (TPSA) is 81.2 Å². The number of hydrogen-bond donors (Lipinski definition) is 1. The Balaban J connectivity index is 2.94. The first-order valence-electron chi connectivity index (χ1n) is 5.89. The van der Waals surface area contributed by atoms with Crippen LogP contribution in [0.5, 0.6) is 0 Å². The second kappa shape index (κ2) is 5.66. The van der Waals surface area contributed by atoms with Gasteiger partial charge in [0.05, 0.1) is 18.3 Å². The van der Waals surface area contributed by atoms with E-state index in [4.69, 9.17) is 5.73 Å². The molecule has 0 saturated heterocycles. The van der Waals surface area contributed by atoms with Crippen molar-refractivity contribution in [2.75, 3.05) is 13.1 Å². The van der Waals surface area contributed by atoms with Gasteiger partial charge in [-0.2, -0.15) is 5.10 Å². The number of amides is 2. The molecule has 0 saturated carbocycles. The van der Waals surface area contributed by atoms with Crippen LogP contribution < -0.4 is 5.73 Å². The summed E-state index contributed by atoms with van der Waals surface area (Å²) in [7, 11) is 1.77. The first kappa shape index (κ1) is 14.2. The number of carbonyl (C=O) groups is 2. The van der Waals surface area contributed by atoms with E-state index in [1.165, 1.54) is 11.1 Å². The first-order chi connectivity index (χ1) is 8.32. The van der Waals surface area contributed by atoms with Crippen LogP contribution in [0.1, 0.15) is 29.9 Å². The Hall–Kier alpha value is -1.85. The largest absolute Gasteiger partial charge is 0.368 e. The minimum Gasteiger partial charge on any atom is -0.368 e. The molecule has 0 bridgehead atoms. The summed E-state index contributed by atoms with van der Waals surface area (Å²) in [6, 6.07) is 0. The highest BCUT2D eigenvalue weighted by atomic mass is 16.2. The van der Waals surface area contributed by atoms with E-state index in [1.807, 2.05) is 20.8 Å². The van der Waals surface area contributed by atoms with Gasteiger partial charge in [0.25, 0.3) is 5.91 Å². The summed E-state index contributed by atoms with van der Waals surface area (Å²) in [5, 5.41) is 4.03. The molecular formula is C12H20N4O2. The fourth-order valence-electron chi connectivity index (χ4n) is 1.73. The zero-order chi connectivity index (χ0) is 13.9. The lowest BCUT2D eigenvalue weighted by Gasteiger charge is -2.22. The Morgan fingerprint density at radius 3 is 2.50 bits per heavy atom. The molecule has 0 atom stereocenters. The van der Waals surface area contributed by atoms with Crippen molar-refractivity contribution in [3.05, 3.63) is 17.5 Å². The summed E-state index contributed by atoms with van der Waals surface area (Å²) in [5.74, 6) is -0.441. The number of aryl methyl sites for hydroxylation is 1. The molecule has 0 aliphatic heterocycles. The molecule has 0 aromatic carbocycles. The van der Waals surface area contributed by atoms with Gasteiger partial charge in [-0.25, -0.2) is 0 Å². The van der Waals surface area contributed by atoms with Gasteiger partial charge in [-0.3, -0.25) is 14.3 Å². The molecule has 0 fully saturated rings. The lowest BCUT2D eigenvalue weighted by Crippen LogP contribution is -2.40. The molecule has 0 spiro atoms. The number of hydrogen-bond acceptors (Lipinski definition) is 3. The smallest absolute Gasteiger partial charge is 0.257 e. The maximum absolute atomic E-state index is 12.3. The number of carbonyl (C=O) groups excluding carboxylic acids is 2. The van der Waals surface area contributed by atoms with Crippen molar-refractivity contribution in [3.63, 3.8) is 0 Å². The lowest BCUT2D eigenvalue weighted by atomic mass is 10.1. The maximum atomic E-state index is 12.3. The molecule has 0 aliphatic carbocycles. The minimum absolute atomic E-state index is 0.0641. The monoisotopic (exact) mass is 252 g/mol. The number of aromatic nitrogens is 2. The van der Waals surface area contributed by atoms with E-state index in [0.29, 0.717) is 12.1 Å². The molecule has 1 heterocycles. The fraction of sp³-hybridized carbons (Fsp3) is 0.583. The summed E-state index contributed by atoms with van der Waals surface area (Å²) >= 11 is 0. The molecule has 2 N–H and O–H groups in total. The van der Waals surface area contributed by atoms with Gasteiger partial charge >= 0.3 is 0 Å². The first-order valence-corrected chi connectivity index (χ1v) is 5.89. The summed E-state index contributed by atoms with van der Waals surface area (Å²) in [6.07, 6.45) is 1.52. The van der Waals surface area contributed by atoms with Gasteiger partial charge in [0.15, 0.2) is 0 Å². The second-order valence-electron chi connectivity index (χ2n) is 4.81. The molecule has 2 amide bonds. The van der Waals surface area contributed by atoms with Crippen LogP contribution in [0.15, 0.2) is 6.20 Å². The molecule has 100 valence electrons. The van der Waals surface area contributed by atoms with Crippen LogP contribution in [0.3, 0.4) is 0 Å². The van der Waals surface area contributed by atoms with Crippen LogP contribution in [0.4, 0.5) is 0 Å². The molecule has 1 rings (SSSR count). The Morgan fingerprint density at radius 2 is 2.11 bits per heavy atom. The third kappa shape index (κ3) is 3.32. The molecule has 6 nitrogen and oxygen atoms in total. The van der Waals surface area contributed by atoms with Crippen molar-refractivity contribution in [1.82, 2.24) is 14.7 Å². The Morgan fingerprint density at radius 1 is 1.50 bits per heavy atom. The van der Waals surface area contributed by atoms with Crippen LogP contribution in [-0.2, 0) is 11.8 Å². The van der Waals surface area contributed by atoms with Gasteiger partial charge in [0.2, 0.25) is 5.91 Å². The van der Waals surface area contributed by atoms with Gasteiger partial charge in [-0.1, -0.05) is 13.8 Å². The van der Waals surface area contributed by atoms with E-state index in [0.717, 1.165) is 5.69 Å². The maximum Gasteiger partial charge on any atom is 0.257 e. The molecule has 6 heteroatoms. The Labute approximate surface area is 107 Å². The summed E-state index contributed by atoms with van der Waals surface area (Å²) in [5.41, 5.74) is 6.46. The zero-order valence-electron chi connectivity index (χ0n) is 11.3. The van der Waals surface area contributed by atoms with E-state index in [-0.39, 0.29) is 18.4 Å². The van der Waals surface area contributed by atoms with Crippen LogP contribution in [-0.4, -0.2) is 39.6 Å². The third-order valence-electron chi connectivity index (χ3n) is 2.69. The van der Waals surface area contributed by atoms with Crippen molar-refractivity contribution < 1.29 is 9.59 Å². The van der Waals surface area contributed by atoms with E-state index in [2.05, 4.69) is 5.10 Å². The zero-order valence-corrected chi connectivity index (χ0v) is 11.3. The van der Waals surface area contributed by atoms with E-state index in [1.54, 1.807) is 11.7 Å². The average Bonchev–Trinajstić information content (AvgIpc) is 2.56. The molecule has 0 aliphatic rings. The molecule has 1 aromatic rings. The Bertz CT molecular complexity index is 451. The number of rotatable bonds is 5. The normalized spacial score (nSPS) is 10.7. The number of nitrogens with zero attached hydrogens (tertiary/aromatic N) is 3. The van der Waals surface area contributed by atoms with Gasteiger partial charge < -0.3 is 10.6 Å². The number of nitrogens with two attached hydrogens (primary N) is 1. The van der Waals surface area contributed by atoms with Gasteiger partial charge in [-0.15, -0.1) is 0 Å². The van der Waals surface area contributed by atoms with Crippen molar-refractivity contribution in [2.45, 2.75) is 20.8 Å². The third-order valence-corrected chi connectivity index (χ3v) is 2.69. The Kier molecular flexibility index (Phi) is 4.47. The van der Waals surface area contributed by atoms with E-state index < -0.39 is 5.91 Å². The van der Waals surface area contributed by atoms with E-state index >= 15 is 0 Å². The standard InChI is InChI=1S/C12H20N4O2/c1-8(2)6-16(7-11(13)17)12(18)10-5-14-15(4)9(10)3/h5,8H,6-7H2,1-4H3,(H2,13,17). The highest BCUT2D eigenvalue weighted by Gasteiger charge is 2.22. The van der Waals surface area contributed by atoms with Gasteiger partial charge in [0.1, 0.15) is 0 Å². The summed E-state index contributed by atoms with van der Waals surface area (Å²) in [4.78, 5) is 24.8. The average molecular weight is 252 g/mol. The summed E-state index contributed by atoms with van der Waals surface area (Å²) < 4.78 is 1.63. The predicted molar refractivity (Wildman–Crippen MR) is 67.9 cm³/mol. The lowest BCUT2D eigenvalue weighted by molar-refractivity contribution is -0.118. The van der Waals surface area contributed by atoms with Crippen LogP contribution in [0.25, 0.3) is 0 Å². The fourth-order valence-corrected chi connectivity index (χ4v) is 1.73. The van der Waals surface area contributed by atoms with E-state index in [9.17, 15) is 9.59 Å².